The Morgan fingerprint density at radius 2 is 1.35 bits per heavy atom. The third kappa shape index (κ3) is 2.71. The number of ketones is 1. The van der Waals surface area contributed by atoms with E-state index in [0.29, 0.717) is 0 Å². The molecule has 0 amide bonds. The summed E-state index contributed by atoms with van der Waals surface area (Å²) in [4.78, 5) is 34.0. The Bertz CT molecular complexity index is 837. The highest BCUT2D eigenvalue weighted by Gasteiger charge is 2.23. The molecule has 0 spiro atoms. The fourth-order valence-corrected chi connectivity index (χ4v) is 2.28. The van der Waals surface area contributed by atoms with Crippen LogP contribution in [-0.2, 0) is 0 Å². The largest absolute Gasteiger partial charge is 0.506 e. The minimum absolute atomic E-state index is 0.00217. The highest BCUT2D eigenvalue weighted by atomic mass is 16.4. The van der Waals surface area contributed by atoms with Crippen LogP contribution in [0.4, 0.5) is 0 Å². The maximum absolute atomic E-state index is 11.8. The van der Waals surface area contributed by atoms with Crippen LogP contribution in [0.2, 0.25) is 0 Å². The monoisotopic (exact) mass is 316 g/mol. The number of hydrogen-bond donors (Lipinski definition) is 4. The third-order valence-corrected chi connectivity index (χ3v) is 3.32. The average molecular weight is 316 g/mol. The molecular weight excluding hydrogens is 304 g/mol. The van der Waals surface area contributed by atoms with E-state index in [1.807, 2.05) is 0 Å². The standard InChI is InChI=1S/C16H12O7/c1-7(17)12-8(5-6-11(14(12)19)16(22)23)9-3-2-4-10(13(9)18)15(20)21/h2-6,18-19H,1H3,(H,20,21)(H,22,23). The van der Waals surface area contributed by atoms with Gasteiger partial charge in [-0.2, -0.15) is 0 Å². The van der Waals surface area contributed by atoms with E-state index in [0.717, 1.165) is 13.0 Å². The molecule has 0 radical (unpaired) electrons. The van der Waals surface area contributed by atoms with Crippen LogP contribution in [0.25, 0.3) is 11.1 Å². The zero-order valence-electron chi connectivity index (χ0n) is 11.9. The van der Waals surface area contributed by atoms with Crippen molar-refractivity contribution in [2.45, 2.75) is 6.92 Å². The van der Waals surface area contributed by atoms with Gasteiger partial charge in [-0.25, -0.2) is 9.59 Å². The lowest BCUT2D eigenvalue weighted by atomic mass is 9.92. The summed E-state index contributed by atoms with van der Waals surface area (Å²) in [6, 6.07) is 6.22. The summed E-state index contributed by atoms with van der Waals surface area (Å²) in [5, 5.41) is 38.2. The first kappa shape index (κ1) is 16.0. The van der Waals surface area contributed by atoms with Crippen molar-refractivity contribution >= 4 is 17.7 Å². The van der Waals surface area contributed by atoms with Gasteiger partial charge in [0.1, 0.15) is 22.6 Å². The zero-order valence-corrected chi connectivity index (χ0v) is 11.9. The Labute approximate surface area is 130 Å². The minimum atomic E-state index is -1.42. The highest BCUT2D eigenvalue weighted by molar-refractivity contribution is 6.08. The Morgan fingerprint density at radius 1 is 0.783 bits per heavy atom. The van der Waals surface area contributed by atoms with E-state index >= 15 is 0 Å². The SMILES string of the molecule is CC(=O)c1c(-c2cccc(C(=O)O)c2O)ccc(C(=O)O)c1O. The van der Waals surface area contributed by atoms with E-state index in [-0.39, 0.29) is 22.3 Å². The molecular formula is C16H12O7. The molecule has 0 saturated heterocycles. The van der Waals surface area contributed by atoms with Gasteiger partial charge in [0.15, 0.2) is 5.78 Å². The van der Waals surface area contributed by atoms with E-state index in [1.54, 1.807) is 0 Å². The van der Waals surface area contributed by atoms with Gasteiger partial charge in [0.05, 0.1) is 5.56 Å². The molecule has 0 unspecified atom stereocenters. The quantitative estimate of drug-likeness (QED) is 0.636. The van der Waals surface area contributed by atoms with Crippen LogP contribution in [0.1, 0.15) is 38.0 Å². The maximum atomic E-state index is 11.8. The van der Waals surface area contributed by atoms with Crippen molar-refractivity contribution in [1.29, 1.82) is 0 Å². The van der Waals surface area contributed by atoms with E-state index in [2.05, 4.69) is 0 Å². The third-order valence-electron chi connectivity index (χ3n) is 3.32. The molecule has 2 aromatic carbocycles. The summed E-state index contributed by atoms with van der Waals surface area (Å²) in [5.74, 6) is -4.71. The first-order chi connectivity index (χ1) is 10.8. The zero-order chi connectivity index (χ0) is 17.3. The smallest absolute Gasteiger partial charge is 0.339 e. The van der Waals surface area contributed by atoms with Gasteiger partial charge in [-0.3, -0.25) is 4.79 Å². The van der Waals surface area contributed by atoms with E-state index < -0.39 is 34.8 Å². The molecule has 0 heterocycles. The van der Waals surface area contributed by atoms with Crippen molar-refractivity contribution in [2.24, 2.45) is 0 Å². The number of aromatic hydroxyl groups is 2. The molecule has 2 rings (SSSR count). The lowest BCUT2D eigenvalue weighted by Crippen LogP contribution is -2.05. The summed E-state index contributed by atoms with van der Waals surface area (Å²) in [5.41, 5.74) is -1.10. The number of carboxylic acids is 2. The van der Waals surface area contributed by atoms with Crippen LogP contribution in [0.5, 0.6) is 11.5 Å². The predicted molar refractivity (Wildman–Crippen MR) is 79.1 cm³/mol. The number of carbonyl (C=O) groups excluding carboxylic acids is 1. The molecule has 0 fully saturated rings. The number of phenols is 2. The van der Waals surface area contributed by atoms with Gasteiger partial charge in [0.2, 0.25) is 0 Å². The van der Waals surface area contributed by atoms with Crippen molar-refractivity contribution in [2.75, 3.05) is 0 Å². The average Bonchev–Trinajstić information content (AvgIpc) is 2.45. The fraction of sp³-hybridized carbons (Fsp3) is 0.0625. The van der Waals surface area contributed by atoms with Crippen LogP contribution in [0.15, 0.2) is 30.3 Å². The molecule has 0 saturated carbocycles. The second-order valence-electron chi connectivity index (χ2n) is 4.75. The van der Waals surface area contributed by atoms with E-state index in [4.69, 9.17) is 10.2 Å². The van der Waals surface area contributed by atoms with Crippen molar-refractivity contribution < 1.29 is 34.8 Å². The van der Waals surface area contributed by atoms with E-state index in [9.17, 15) is 24.6 Å². The van der Waals surface area contributed by atoms with Crippen molar-refractivity contribution in [1.82, 2.24) is 0 Å². The van der Waals surface area contributed by atoms with E-state index in [1.165, 1.54) is 24.3 Å². The Kier molecular flexibility index (Phi) is 4.04. The number of aromatic carboxylic acids is 2. The molecule has 4 N–H and O–H groups in total. The van der Waals surface area contributed by atoms with Crippen molar-refractivity contribution in [3.05, 3.63) is 47.0 Å². The molecule has 7 heteroatoms. The summed E-state index contributed by atoms with van der Waals surface area (Å²) >= 11 is 0. The molecule has 118 valence electrons. The van der Waals surface area contributed by atoms with Gasteiger partial charge in [0.25, 0.3) is 0 Å². The second kappa shape index (κ2) is 5.80. The van der Waals surface area contributed by atoms with Crippen LogP contribution in [0.3, 0.4) is 0 Å². The van der Waals surface area contributed by atoms with Crippen LogP contribution in [0, 0.1) is 0 Å². The number of rotatable bonds is 4. The summed E-state index contributed by atoms with van der Waals surface area (Å²) in [7, 11) is 0. The molecule has 2 aromatic rings. The number of hydrogen-bond acceptors (Lipinski definition) is 5. The Hall–Kier alpha value is -3.35. The number of para-hydroxylation sites is 1. The fourth-order valence-electron chi connectivity index (χ4n) is 2.28. The highest BCUT2D eigenvalue weighted by Crippen LogP contribution is 2.38. The number of carboxylic acid groups (broad SMARTS) is 2. The van der Waals surface area contributed by atoms with Crippen LogP contribution >= 0.6 is 0 Å². The van der Waals surface area contributed by atoms with Crippen molar-refractivity contribution in [3.8, 4) is 22.6 Å². The Morgan fingerprint density at radius 3 is 1.87 bits per heavy atom. The normalized spacial score (nSPS) is 10.3. The molecule has 23 heavy (non-hydrogen) atoms. The summed E-state index contributed by atoms with van der Waals surface area (Å²) in [6.45, 7) is 1.13. The number of carbonyl (C=O) groups is 3. The lowest BCUT2D eigenvalue weighted by molar-refractivity contribution is 0.0682. The predicted octanol–water partition coefficient (Wildman–Crippen LogP) is 2.36. The van der Waals surface area contributed by atoms with Crippen LogP contribution < -0.4 is 0 Å². The molecule has 0 aromatic heterocycles. The van der Waals surface area contributed by atoms with Gasteiger partial charge in [-0.05, 0) is 24.6 Å². The number of Topliss-reactive ketones (excluding diaryl/α,β-unsaturated/α-hetero) is 1. The topological polar surface area (TPSA) is 132 Å². The molecule has 0 aliphatic carbocycles. The van der Waals surface area contributed by atoms with Gasteiger partial charge in [-0.1, -0.05) is 18.2 Å². The maximum Gasteiger partial charge on any atom is 0.339 e. The van der Waals surface area contributed by atoms with Crippen molar-refractivity contribution in [3.63, 3.8) is 0 Å². The first-order valence-electron chi connectivity index (χ1n) is 6.41. The lowest BCUT2D eigenvalue weighted by Gasteiger charge is -2.13. The molecule has 0 bridgehead atoms. The first-order valence-corrected chi connectivity index (χ1v) is 6.41. The van der Waals surface area contributed by atoms with Gasteiger partial charge in [0, 0.05) is 5.56 Å². The number of benzene rings is 2. The minimum Gasteiger partial charge on any atom is -0.506 e. The van der Waals surface area contributed by atoms with Gasteiger partial charge >= 0.3 is 11.9 Å². The summed E-state index contributed by atoms with van der Waals surface area (Å²) in [6.07, 6.45) is 0. The second-order valence-corrected chi connectivity index (χ2v) is 4.75. The van der Waals surface area contributed by atoms with Crippen LogP contribution in [-0.4, -0.2) is 38.1 Å². The molecule has 0 aliphatic heterocycles. The molecule has 7 nitrogen and oxygen atoms in total. The van der Waals surface area contributed by atoms with Gasteiger partial charge < -0.3 is 20.4 Å². The molecule has 0 atom stereocenters. The molecule has 0 aliphatic rings. The summed E-state index contributed by atoms with van der Waals surface area (Å²) < 4.78 is 0. The van der Waals surface area contributed by atoms with Gasteiger partial charge in [-0.15, -0.1) is 0 Å². The Balaban J connectivity index is 2.82.